The standard InChI is InChI=1S/C17H23NO5S2/c1-22-13-5-12(6-14(7-13)23-2)9-18(10-17(20)21)16(19)8-15-11-24-3-4-25-15/h5-7,15H,3-4,8-11H2,1-2H3,(H,20,21). The summed E-state index contributed by atoms with van der Waals surface area (Å²) in [5, 5.41) is 9.42. The van der Waals surface area contributed by atoms with Gasteiger partial charge < -0.3 is 19.5 Å². The molecule has 25 heavy (non-hydrogen) atoms. The van der Waals surface area contributed by atoms with Gasteiger partial charge in [-0.05, 0) is 17.7 Å². The second kappa shape index (κ2) is 9.82. The highest BCUT2D eigenvalue weighted by molar-refractivity contribution is 8.06. The van der Waals surface area contributed by atoms with Gasteiger partial charge in [-0.15, -0.1) is 0 Å². The number of hydrogen-bond donors (Lipinski definition) is 1. The van der Waals surface area contributed by atoms with Crippen LogP contribution in [0.25, 0.3) is 0 Å². The van der Waals surface area contributed by atoms with Crippen molar-refractivity contribution in [2.45, 2.75) is 18.2 Å². The van der Waals surface area contributed by atoms with E-state index in [9.17, 15) is 9.59 Å². The van der Waals surface area contributed by atoms with Crippen molar-refractivity contribution in [2.24, 2.45) is 0 Å². The Morgan fingerprint density at radius 2 is 1.88 bits per heavy atom. The molecule has 1 aliphatic heterocycles. The van der Waals surface area contributed by atoms with Crippen molar-refractivity contribution in [1.82, 2.24) is 4.90 Å². The molecule has 1 aromatic rings. The first kappa shape index (κ1) is 19.8. The number of methoxy groups -OCH3 is 2. The van der Waals surface area contributed by atoms with Crippen molar-refractivity contribution >= 4 is 35.4 Å². The first-order valence-electron chi connectivity index (χ1n) is 7.92. The number of carboxylic acids is 1. The van der Waals surface area contributed by atoms with Gasteiger partial charge in [0.25, 0.3) is 0 Å². The molecule has 6 nitrogen and oxygen atoms in total. The third kappa shape index (κ3) is 6.36. The smallest absolute Gasteiger partial charge is 0.323 e. The van der Waals surface area contributed by atoms with Crippen LogP contribution in [0.1, 0.15) is 12.0 Å². The van der Waals surface area contributed by atoms with Gasteiger partial charge in [-0.2, -0.15) is 23.5 Å². The summed E-state index contributed by atoms with van der Waals surface area (Å²) >= 11 is 3.63. The number of benzene rings is 1. The summed E-state index contributed by atoms with van der Waals surface area (Å²) in [5.41, 5.74) is 0.775. The van der Waals surface area contributed by atoms with Gasteiger partial charge in [-0.1, -0.05) is 0 Å². The number of rotatable bonds is 8. The van der Waals surface area contributed by atoms with Gasteiger partial charge in [0, 0.05) is 41.5 Å². The Labute approximate surface area is 156 Å². The van der Waals surface area contributed by atoms with E-state index in [1.807, 2.05) is 11.8 Å². The fourth-order valence-electron chi connectivity index (χ4n) is 2.55. The predicted molar refractivity (Wildman–Crippen MR) is 101 cm³/mol. The van der Waals surface area contributed by atoms with Crippen molar-refractivity contribution < 1.29 is 24.2 Å². The summed E-state index contributed by atoms with van der Waals surface area (Å²) in [6.45, 7) is -0.105. The lowest BCUT2D eigenvalue weighted by molar-refractivity contribution is -0.144. The van der Waals surface area contributed by atoms with E-state index in [1.165, 1.54) is 4.90 Å². The SMILES string of the molecule is COc1cc(CN(CC(=O)O)C(=O)CC2CSCCS2)cc(OC)c1. The van der Waals surface area contributed by atoms with Crippen molar-refractivity contribution in [3.8, 4) is 11.5 Å². The number of hydrogen-bond acceptors (Lipinski definition) is 6. The number of ether oxygens (including phenoxy) is 2. The Morgan fingerprint density at radius 1 is 1.20 bits per heavy atom. The maximum atomic E-state index is 12.6. The van der Waals surface area contributed by atoms with E-state index in [1.54, 1.807) is 44.2 Å². The van der Waals surface area contributed by atoms with E-state index in [0.717, 1.165) is 22.8 Å². The van der Waals surface area contributed by atoms with Gasteiger partial charge in [-0.3, -0.25) is 9.59 Å². The molecule has 0 aromatic heterocycles. The molecular formula is C17H23NO5S2. The van der Waals surface area contributed by atoms with Gasteiger partial charge in [-0.25, -0.2) is 0 Å². The number of aliphatic carboxylic acids is 1. The lowest BCUT2D eigenvalue weighted by atomic mass is 10.1. The van der Waals surface area contributed by atoms with E-state index in [-0.39, 0.29) is 24.2 Å². The molecule has 1 aliphatic rings. The molecule has 0 spiro atoms. The largest absolute Gasteiger partial charge is 0.497 e. The molecule has 1 N–H and O–H groups in total. The molecule has 1 fully saturated rings. The van der Waals surface area contributed by atoms with Crippen LogP contribution in [0, 0.1) is 0 Å². The monoisotopic (exact) mass is 385 g/mol. The van der Waals surface area contributed by atoms with E-state index in [0.29, 0.717) is 17.9 Å². The Morgan fingerprint density at radius 3 is 2.40 bits per heavy atom. The Bertz CT molecular complexity index is 582. The van der Waals surface area contributed by atoms with Gasteiger partial charge in [0.2, 0.25) is 5.91 Å². The fraction of sp³-hybridized carbons (Fsp3) is 0.529. The second-order valence-electron chi connectivity index (χ2n) is 5.64. The summed E-state index contributed by atoms with van der Waals surface area (Å²) in [6.07, 6.45) is 0.367. The normalized spacial score (nSPS) is 17.0. The van der Waals surface area contributed by atoms with Gasteiger partial charge in [0.05, 0.1) is 14.2 Å². The van der Waals surface area contributed by atoms with Crippen LogP contribution in [0.3, 0.4) is 0 Å². The molecule has 8 heteroatoms. The summed E-state index contributed by atoms with van der Waals surface area (Å²) in [7, 11) is 3.10. The Balaban J connectivity index is 2.10. The number of amides is 1. The molecule has 138 valence electrons. The minimum atomic E-state index is -1.02. The molecule has 0 saturated carbocycles. The average molecular weight is 386 g/mol. The molecule has 0 bridgehead atoms. The quantitative estimate of drug-likeness (QED) is 0.736. The van der Waals surface area contributed by atoms with Crippen LogP contribution in [-0.4, -0.2) is 65.2 Å². The maximum absolute atomic E-state index is 12.6. The minimum Gasteiger partial charge on any atom is -0.497 e. The minimum absolute atomic E-state index is 0.135. The molecule has 1 unspecified atom stereocenters. The van der Waals surface area contributed by atoms with Crippen molar-refractivity contribution in [1.29, 1.82) is 0 Å². The van der Waals surface area contributed by atoms with Crippen LogP contribution in [0.4, 0.5) is 0 Å². The first-order chi connectivity index (χ1) is 12.0. The average Bonchev–Trinajstić information content (AvgIpc) is 2.61. The van der Waals surface area contributed by atoms with Crippen molar-refractivity contribution in [2.75, 3.05) is 38.0 Å². The van der Waals surface area contributed by atoms with Gasteiger partial charge in [0.15, 0.2) is 0 Å². The molecule has 1 amide bonds. The van der Waals surface area contributed by atoms with E-state index >= 15 is 0 Å². The van der Waals surface area contributed by atoms with Gasteiger partial charge in [0.1, 0.15) is 18.0 Å². The number of carboxylic acid groups (broad SMARTS) is 1. The second-order valence-corrected chi connectivity index (χ2v) is 8.19. The number of thioether (sulfide) groups is 2. The summed E-state index contributed by atoms with van der Waals surface area (Å²) < 4.78 is 10.5. The van der Waals surface area contributed by atoms with Crippen molar-refractivity contribution in [3.05, 3.63) is 23.8 Å². The third-order valence-electron chi connectivity index (χ3n) is 3.75. The zero-order valence-corrected chi connectivity index (χ0v) is 16.0. The lowest BCUT2D eigenvalue weighted by Crippen LogP contribution is -2.37. The van der Waals surface area contributed by atoms with Gasteiger partial charge >= 0.3 is 5.97 Å². The molecule has 1 atom stereocenters. The van der Waals surface area contributed by atoms with Crippen LogP contribution < -0.4 is 9.47 Å². The van der Waals surface area contributed by atoms with E-state index in [4.69, 9.17) is 14.6 Å². The number of carbonyl (C=O) groups excluding carboxylic acids is 1. The van der Waals surface area contributed by atoms with E-state index in [2.05, 4.69) is 0 Å². The zero-order valence-electron chi connectivity index (χ0n) is 14.4. The Hall–Kier alpha value is -1.54. The molecule has 1 saturated heterocycles. The van der Waals surface area contributed by atoms with E-state index < -0.39 is 5.97 Å². The van der Waals surface area contributed by atoms with Crippen LogP contribution in [0.5, 0.6) is 11.5 Å². The molecule has 1 heterocycles. The molecule has 0 radical (unpaired) electrons. The van der Waals surface area contributed by atoms with Crippen LogP contribution in [-0.2, 0) is 16.1 Å². The van der Waals surface area contributed by atoms with Crippen LogP contribution in [0.2, 0.25) is 0 Å². The van der Waals surface area contributed by atoms with Crippen molar-refractivity contribution in [3.63, 3.8) is 0 Å². The number of nitrogens with zero attached hydrogens (tertiary/aromatic N) is 1. The molecule has 1 aromatic carbocycles. The topological polar surface area (TPSA) is 76.1 Å². The number of carbonyl (C=O) groups is 2. The third-order valence-corrected chi connectivity index (χ3v) is 6.60. The summed E-state index contributed by atoms with van der Waals surface area (Å²) in [6, 6.07) is 5.31. The first-order valence-corrected chi connectivity index (χ1v) is 10.1. The maximum Gasteiger partial charge on any atom is 0.323 e. The Kier molecular flexibility index (Phi) is 7.77. The molecular weight excluding hydrogens is 362 g/mol. The fourth-order valence-corrected chi connectivity index (χ4v) is 5.22. The van der Waals surface area contributed by atoms with Crippen LogP contribution in [0.15, 0.2) is 18.2 Å². The molecule has 0 aliphatic carbocycles. The lowest BCUT2D eigenvalue weighted by Gasteiger charge is -2.25. The molecule has 2 rings (SSSR count). The zero-order chi connectivity index (χ0) is 18.2. The predicted octanol–water partition coefficient (Wildman–Crippen LogP) is 2.36. The highest BCUT2D eigenvalue weighted by atomic mass is 32.2. The summed E-state index contributed by atoms with van der Waals surface area (Å²) in [4.78, 5) is 25.2. The summed E-state index contributed by atoms with van der Waals surface area (Å²) in [5.74, 6) is 3.14. The van der Waals surface area contributed by atoms with Crippen LogP contribution >= 0.6 is 23.5 Å². The highest BCUT2D eigenvalue weighted by Crippen LogP contribution is 2.28. The highest BCUT2D eigenvalue weighted by Gasteiger charge is 2.23.